The van der Waals surface area contributed by atoms with Gasteiger partial charge in [0.1, 0.15) is 6.33 Å². The van der Waals surface area contributed by atoms with Gasteiger partial charge in [0.05, 0.1) is 18.0 Å². The lowest BCUT2D eigenvalue weighted by Crippen LogP contribution is -2.39. The number of carbonyl (C=O) groups excluding carboxylic acids is 1. The molecule has 3 rings (SSSR count). The van der Waals surface area contributed by atoms with E-state index in [9.17, 15) is 4.79 Å². The summed E-state index contributed by atoms with van der Waals surface area (Å²) < 4.78 is 0. The number of hydrogen-bond donors (Lipinski definition) is 0. The molecule has 0 aromatic carbocycles. The van der Waals surface area contributed by atoms with E-state index in [1.54, 1.807) is 24.8 Å². The highest BCUT2D eigenvalue weighted by Gasteiger charge is 2.26. The topological polar surface area (TPSA) is 71.9 Å². The summed E-state index contributed by atoms with van der Waals surface area (Å²) in [5.74, 6) is 0.296. The number of nitrogens with zero attached hydrogens (tertiary/aromatic N) is 5. The molecule has 6 nitrogen and oxygen atoms in total. The van der Waals surface area contributed by atoms with Crippen molar-refractivity contribution >= 4 is 5.91 Å². The van der Waals surface area contributed by atoms with Crippen molar-refractivity contribution in [2.45, 2.75) is 18.8 Å². The van der Waals surface area contributed by atoms with Crippen LogP contribution in [0.2, 0.25) is 0 Å². The first-order valence-electron chi connectivity index (χ1n) is 6.66. The van der Waals surface area contributed by atoms with Gasteiger partial charge in [-0.3, -0.25) is 4.79 Å². The van der Waals surface area contributed by atoms with Gasteiger partial charge in [-0.05, 0) is 25.0 Å². The van der Waals surface area contributed by atoms with Crippen molar-refractivity contribution in [1.82, 2.24) is 25.1 Å². The molecule has 1 aliphatic rings. The number of amides is 1. The summed E-state index contributed by atoms with van der Waals surface area (Å²) >= 11 is 0. The lowest BCUT2D eigenvalue weighted by Gasteiger charge is -2.32. The molecule has 2 aromatic rings. The largest absolute Gasteiger partial charge is 0.338 e. The van der Waals surface area contributed by atoms with Crippen molar-refractivity contribution in [3.63, 3.8) is 0 Å². The fourth-order valence-corrected chi connectivity index (χ4v) is 2.55. The first-order valence-corrected chi connectivity index (χ1v) is 6.66. The molecule has 1 amide bonds. The molecule has 0 spiro atoms. The molecule has 0 aliphatic carbocycles. The third-order valence-corrected chi connectivity index (χ3v) is 3.56. The number of aromatic nitrogens is 4. The lowest BCUT2D eigenvalue weighted by atomic mass is 9.94. The summed E-state index contributed by atoms with van der Waals surface area (Å²) in [6.07, 6.45) is 8.39. The Balaban J connectivity index is 1.74. The monoisotopic (exact) mass is 269 g/mol. The van der Waals surface area contributed by atoms with E-state index in [1.165, 1.54) is 6.20 Å². The van der Waals surface area contributed by atoms with Gasteiger partial charge < -0.3 is 4.90 Å². The third-order valence-electron chi connectivity index (χ3n) is 3.56. The molecule has 0 radical (unpaired) electrons. The standard InChI is InChI=1S/C14H15N5O/c20-14(11-3-6-17-18-8-11)19-7-1-2-12(9-19)13-4-5-15-10-16-13/h3-6,8,10,12H,1-2,7,9H2. The molecule has 3 heterocycles. The highest BCUT2D eigenvalue weighted by molar-refractivity contribution is 5.93. The molecule has 0 N–H and O–H groups in total. The Hall–Kier alpha value is -2.37. The van der Waals surface area contributed by atoms with Crippen LogP contribution in [-0.4, -0.2) is 44.1 Å². The highest BCUT2D eigenvalue weighted by atomic mass is 16.2. The summed E-state index contributed by atoms with van der Waals surface area (Å²) in [6, 6.07) is 3.62. The number of hydrogen-bond acceptors (Lipinski definition) is 5. The molecule has 1 atom stereocenters. The summed E-state index contributed by atoms with van der Waals surface area (Å²) in [4.78, 5) is 22.5. The van der Waals surface area contributed by atoms with E-state index in [1.807, 2.05) is 11.0 Å². The maximum absolute atomic E-state index is 12.4. The summed E-state index contributed by atoms with van der Waals surface area (Å²) in [6.45, 7) is 1.47. The van der Waals surface area contributed by atoms with Gasteiger partial charge in [-0.1, -0.05) is 0 Å². The van der Waals surface area contributed by atoms with Crippen LogP contribution >= 0.6 is 0 Å². The fourth-order valence-electron chi connectivity index (χ4n) is 2.55. The number of likely N-dealkylation sites (tertiary alicyclic amines) is 1. The molecule has 1 fully saturated rings. The first-order chi connectivity index (χ1) is 9.84. The van der Waals surface area contributed by atoms with E-state index in [0.29, 0.717) is 12.1 Å². The molecule has 1 aliphatic heterocycles. The van der Waals surface area contributed by atoms with E-state index in [-0.39, 0.29) is 11.8 Å². The highest BCUT2D eigenvalue weighted by Crippen LogP contribution is 2.25. The molecule has 102 valence electrons. The SMILES string of the molecule is O=C(c1ccnnc1)N1CCCC(c2ccncn2)C1. The maximum atomic E-state index is 12.4. The van der Waals surface area contributed by atoms with Crippen LogP contribution in [0.15, 0.2) is 37.1 Å². The Kier molecular flexibility index (Phi) is 3.62. The zero-order valence-corrected chi connectivity index (χ0v) is 11.0. The van der Waals surface area contributed by atoms with Crippen LogP contribution in [0.25, 0.3) is 0 Å². The van der Waals surface area contributed by atoms with Crippen molar-refractivity contribution < 1.29 is 4.79 Å². The predicted octanol–water partition coefficient (Wildman–Crippen LogP) is 1.29. The van der Waals surface area contributed by atoms with Crippen LogP contribution in [0, 0.1) is 0 Å². The van der Waals surface area contributed by atoms with E-state index in [2.05, 4.69) is 20.2 Å². The van der Waals surface area contributed by atoms with Gasteiger partial charge in [0.2, 0.25) is 0 Å². The second kappa shape index (κ2) is 5.73. The van der Waals surface area contributed by atoms with Gasteiger partial charge >= 0.3 is 0 Å². The van der Waals surface area contributed by atoms with Gasteiger partial charge in [0, 0.05) is 30.9 Å². The molecule has 20 heavy (non-hydrogen) atoms. The lowest BCUT2D eigenvalue weighted by molar-refractivity contribution is 0.0705. The van der Waals surface area contributed by atoms with Gasteiger partial charge in [-0.25, -0.2) is 9.97 Å². The van der Waals surface area contributed by atoms with Crippen molar-refractivity contribution in [2.75, 3.05) is 13.1 Å². The molecule has 2 aromatic heterocycles. The zero-order valence-electron chi connectivity index (χ0n) is 11.0. The molecule has 6 heteroatoms. The van der Waals surface area contributed by atoms with Gasteiger partial charge in [0.25, 0.3) is 5.91 Å². The Bertz CT molecular complexity index is 575. The quantitative estimate of drug-likeness (QED) is 0.821. The second-order valence-corrected chi connectivity index (χ2v) is 4.86. The smallest absolute Gasteiger partial charge is 0.255 e. The molecule has 1 unspecified atom stereocenters. The average molecular weight is 269 g/mol. The fraction of sp³-hybridized carbons (Fsp3) is 0.357. The molecule has 0 saturated carbocycles. The number of carbonyl (C=O) groups is 1. The number of rotatable bonds is 2. The third kappa shape index (κ3) is 2.64. The Labute approximate surface area is 116 Å². The Morgan fingerprint density at radius 2 is 2.20 bits per heavy atom. The zero-order chi connectivity index (χ0) is 13.8. The van der Waals surface area contributed by atoms with Crippen molar-refractivity contribution in [2.24, 2.45) is 0 Å². The maximum Gasteiger partial charge on any atom is 0.255 e. The summed E-state index contributed by atoms with van der Waals surface area (Å²) in [7, 11) is 0. The first kappa shape index (κ1) is 12.7. The minimum Gasteiger partial charge on any atom is -0.338 e. The van der Waals surface area contributed by atoms with E-state index >= 15 is 0 Å². The molecular formula is C14H15N5O. The Morgan fingerprint density at radius 3 is 2.95 bits per heavy atom. The average Bonchev–Trinajstić information content (AvgIpc) is 2.56. The van der Waals surface area contributed by atoms with Gasteiger partial charge in [-0.15, -0.1) is 0 Å². The molecule has 1 saturated heterocycles. The van der Waals surface area contributed by atoms with Crippen LogP contribution in [0.4, 0.5) is 0 Å². The van der Waals surface area contributed by atoms with E-state index in [0.717, 1.165) is 25.1 Å². The van der Waals surface area contributed by atoms with Crippen LogP contribution < -0.4 is 0 Å². The van der Waals surface area contributed by atoms with Gasteiger partial charge in [0.15, 0.2) is 0 Å². The van der Waals surface area contributed by atoms with Crippen molar-refractivity contribution in [3.8, 4) is 0 Å². The van der Waals surface area contributed by atoms with Crippen LogP contribution in [0.1, 0.15) is 34.8 Å². The predicted molar refractivity (Wildman–Crippen MR) is 71.9 cm³/mol. The minimum atomic E-state index is 0.0126. The molecular weight excluding hydrogens is 254 g/mol. The normalized spacial score (nSPS) is 18.8. The van der Waals surface area contributed by atoms with Gasteiger partial charge in [-0.2, -0.15) is 10.2 Å². The second-order valence-electron chi connectivity index (χ2n) is 4.86. The molecule has 0 bridgehead atoms. The number of piperidine rings is 1. The van der Waals surface area contributed by atoms with Crippen LogP contribution in [-0.2, 0) is 0 Å². The van der Waals surface area contributed by atoms with Crippen molar-refractivity contribution in [1.29, 1.82) is 0 Å². The van der Waals surface area contributed by atoms with E-state index in [4.69, 9.17) is 0 Å². The van der Waals surface area contributed by atoms with Crippen molar-refractivity contribution in [3.05, 3.63) is 48.3 Å². The van der Waals surface area contributed by atoms with E-state index < -0.39 is 0 Å². The summed E-state index contributed by atoms with van der Waals surface area (Å²) in [5.41, 5.74) is 1.59. The van der Waals surface area contributed by atoms with Crippen LogP contribution in [0.5, 0.6) is 0 Å². The summed E-state index contributed by atoms with van der Waals surface area (Å²) in [5, 5.41) is 7.46. The minimum absolute atomic E-state index is 0.0126. The Morgan fingerprint density at radius 1 is 1.25 bits per heavy atom. The van der Waals surface area contributed by atoms with Crippen LogP contribution in [0.3, 0.4) is 0 Å².